The summed E-state index contributed by atoms with van der Waals surface area (Å²) in [4.78, 5) is 0. The number of benzene rings is 1. The van der Waals surface area contributed by atoms with Gasteiger partial charge < -0.3 is 14.9 Å². The molecule has 0 saturated carbocycles. The lowest BCUT2D eigenvalue weighted by atomic mass is 9.56. The zero-order chi connectivity index (χ0) is 15.2. The fourth-order valence-corrected chi connectivity index (χ4v) is 4.30. The molecule has 3 nitrogen and oxygen atoms in total. The molecule has 2 aliphatic rings. The van der Waals surface area contributed by atoms with Crippen LogP contribution in [0.4, 0.5) is 0 Å². The second-order valence-corrected chi connectivity index (χ2v) is 6.70. The van der Waals surface area contributed by atoms with Gasteiger partial charge in [-0.25, -0.2) is 0 Å². The molecule has 0 amide bonds. The van der Waals surface area contributed by atoms with Crippen LogP contribution in [0.3, 0.4) is 0 Å². The summed E-state index contributed by atoms with van der Waals surface area (Å²) in [6.07, 6.45) is 2.14. The third kappa shape index (κ3) is 2.02. The van der Waals surface area contributed by atoms with Crippen molar-refractivity contribution >= 4 is 0 Å². The Morgan fingerprint density at radius 3 is 2.67 bits per heavy atom. The molecule has 5 atom stereocenters. The smallest absolute Gasteiger partial charge is 0.121 e. The summed E-state index contributed by atoms with van der Waals surface area (Å²) in [6, 6.07) is 7.40. The molecule has 3 rings (SSSR count). The second kappa shape index (κ2) is 5.15. The number of aliphatic hydroxyl groups excluding tert-OH is 1. The van der Waals surface area contributed by atoms with E-state index in [4.69, 9.17) is 4.74 Å². The summed E-state index contributed by atoms with van der Waals surface area (Å²) < 4.78 is 6.16. The molecule has 0 aromatic heterocycles. The third-order valence-corrected chi connectivity index (χ3v) is 5.79. The van der Waals surface area contributed by atoms with Crippen LogP contribution in [-0.2, 0) is 4.74 Å². The van der Waals surface area contributed by atoms with Crippen molar-refractivity contribution in [2.45, 2.75) is 26.9 Å². The van der Waals surface area contributed by atoms with Gasteiger partial charge in [0.05, 0.1) is 19.3 Å². The van der Waals surface area contributed by atoms with Gasteiger partial charge in [-0.15, -0.1) is 0 Å². The quantitative estimate of drug-likeness (QED) is 0.821. The molecule has 1 aliphatic heterocycles. The molecule has 1 aromatic rings. The van der Waals surface area contributed by atoms with Crippen LogP contribution in [0, 0.1) is 23.2 Å². The van der Waals surface area contributed by atoms with E-state index in [0.29, 0.717) is 18.4 Å². The van der Waals surface area contributed by atoms with Crippen LogP contribution < -0.4 is 0 Å². The van der Waals surface area contributed by atoms with Crippen molar-refractivity contribution in [3.63, 3.8) is 0 Å². The van der Waals surface area contributed by atoms with Gasteiger partial charge >= 0.3 is 0 Å². The van der Waals surface area contributed by atoms with Crippen LogP contribution in [0.15, 0.2) is 35.9 Å². The van der Waals surface area contributed by atoms with Gasteiger partial charge in [-0.1, -0.05) is 43.7 Å². The number of ether oxygens (including phenoxy) is 1. The van der Waals surface area contributed by atoms with Crippen molar-refractivity contribution in [1.29, 1.82) is 0 Å². The Labute approximate surface area is 126 Å². The first-order valence-electron chi connectivity index (χ1n) is 7.70. The molecule has 21 heavy (non-hydrogen) atoms. The number of fused-ring (bicyclic) bond motifs is 2. The Morgan fingerprint density at radius 2 is 2.00 bits per heavy atom. The minimum Gasteiger partial charge on any atom is -0.508 e. The Bertz CT molecular complexity index is 565. The Balaban J connectivity index is 2.06. The molecule has 1 aromatic carbocycles. The highest BCUT2D eigenvalue weighted by Crippen LogP contribution is 2.56. The zero-order valence-corrected chi connectivity index (χ0v) is 12.9. The van der Waals surface area contributed by atoms with Gasteiger partial charge in [-0.05, 0) is 24.8 Å². The fraction of sp³-hybridized carbons (Fsp3) is 0.556. The number of aliphatic hydroxyl groups is 1. The maximum absolute atomic E-state index is 10.2. The Kier molecular flexibility index (Phi) is 3.58. The zero-order valence-electron chi connectivity index (χ0n) is 12.9. The monoisotopic (exact) mass is 288 g/mol. The van der Waals surface area contributed by atoms with Gasteiger partial charge in [-0.3, -0.25) is 0 Å². The van der Waals surface area contributed by atoms with Crippen molar-refractivity contribution < 1.29 is 14.9 Å². The van der Waals surface area contributed by atoms with Gasteiger partial charge in [0.1, 0.15) is 5.75 Å². The van der Waals surface area contributed by atoms with Crippen molar-refractivity contribution in [3.05, 3.63) is 41.5 Å². The van der Waals surface area contributed by atoms with Crippen LogP contribution in [0.5, 0.6) is 5.75 Å². The minimum atomic E-state index is -0.203. The summed E-state index contributed by atoms with van der Waals surface area (Å²) in [6.45, 7) is 7.19. The first kappa shape index (κ1) is 14.6. The molecule has 2 N–H and O–H groups in total. The Hall–Kier alpha value is -1.32. The number of hydrogen-bond donors (Lipinski definition) is 2. The van der Waals surface area contributed by atoms with Gasteiger partial charge in [0, 0.05) is 16.9 Å². The van der Waals surface area contributed by atoms with Crippen molar-refractivity contribution in [2.24, 2.45) is 23.2 Å². The normalized spacial score (nSPS) is 39.0. The first-order chi connectivity index (χ1) is 10.0. The molecule has 0 spiro atoms. The maximum Gasteiger partial charge on any atom is 0.121 e. The van der Waals surface area contributed by atoms with Crippen LogP contribution in [-0.4, -0.2) is 23.4 Å². The molecular weight excluding hydrogens is 264 g/mol. The van der Waals surface area contributed by atoms with Gasteiger partial charge in [-0.2, -0.15) is 0 Å². The van der Waals surface area contributed by atoms with Gasteiger partial charge in [0.15, 0.2) is 0 Å². The first-order valence-corrected chi connectivity index (χ1v) is 7.70. The van der Waals surface area contributed by atoms with E-state index in [1.807, 2.05) is 18.2 Å². The van der Waals surface area contributed by atoms with E-state index >= 15 is 0 Å². The third-order valence-electron chi connectivity index (χ3n) is 5.79. The van der Waals surface area contributed by atoms with E-state index in [-0.39, 0.29) is 29.8 Å². The standard InChI is InChI=1S/C18H24O3/c1-11-8-12(2)18(9-19)10-21-17(16(11)13(18)3)14-6-4-5-7-15(14)20/h4-8,12-13,16-17,19-20H,9-10H2,1-3H3/t12-,13+,16-,17-,18+/m0/s1. The lowest BCUT2D eigenvalue weighted by Crippen LogP contribution is -2.53. The fourth-order valence-electron chi connectivity index (χ4n) is 4.30. The molecule has 0 unspecified atom stereocenters. The Morgan fingerprint density at radius 1 is 1.29 bits per heavy atom. The molecule has 0 radical (unpaired) electrons. The topological polar surface area (TPSA) is 49.7 Å². The number of phenolic OH excluding ortho intramolecular Hbond substituents is 1. The lowest BCUT2D eigenvalue weighted by molar-refractivity contribution is -0.165. The molecule has 1 aliphatic carbocycles. The van der Waals surface area contributed by atoms with Crippen molar-refractivity contribution in [3.8, 4) is 5.75 Å². The molecule has 1 saturated heterocycles. The highest BCUT2D eigenvalue weighted by molar-refractivity contribution is 5.37. The molecule has 1 heterocycles. The number of aromatic hydroxyl groups is 1. The summed E-state index contributed by atoms with van der Waals surface area (Å²) in [5.74, 6) is 1.12. The number of rotatable bonds is 2. The van der Waals surface area contributed by atoms with Crippen molar-refractivity contribution in [2.75, 3.05) is 13.2 Å². The summed E-state index contributed by atoms with van der Waals surface area (Å²) in [7, 11) is 0. The highest BCUT2D eigenvalue weighted by Gasteiger charge is 2.53. The molecule has 2 bridgehead atoms. The van der Waals surface area contributed by atoms with E-state index in [1.165, 1.54) is 5.57 Å². The summed E-state index contributed by atoms with van der Waals surface area (Å²) >= 11 is 0. The van der Waals surface area contributed by atoms with Crippen LogP contribution >= 0.6 is 0 Å². The average molecular weight is 288 g/mol. The number of allylic oxidation sites excluding steroid dienone is 1. The van der Waals surface area contributed by atoms with Crippen LogP contribution in [0.1, 0.15) is 32.4 Å². The molecular formula is C18H24O3. The predicted molar refractivity (Wildman–Crippen MR) is 81.9 cm³/mol. The second-order valence-electron chi connectivity index (χ2n) is 6.70. The van der Waals surface area contributed by atoms with E-state index in [2.05, 4.69) is 26.8 Å². The van der Waals surface area contributed by atoms with Crippen LogP contribution in [0.25, 0.3) is 0 Å². The minimum absolute atomic E-state index is 0.135. The lowest BCUT2D eigenvalue weighted by Gasteiger charge is -2.55. The molecule has 1 fully saturated rings. The van der Waals surface area contributed by atoms with Crippen LogP contribution in [0.2, 0.25) is 0 Å². The average Bonchev–Trinajstić information content (AvgIpc) is 2.46. The molecule has 3 heteroatoms. The summed E-state index contributed by atoms with van der Waals surface area (Å²) in [5.41, 5.74) is 1.95. The number of hydrogen-bond acceptors (Lipinski definition) is 3. The SMILES string of the molecule is CC1=C[C@H](C)[C@@]2(CO)CO[C@@H](c3ccccc3O)[C@@H]1[C@H]2C. The van der Waals surface area contributed by atoms with Gasteiger partial charge in [0.25, 0.3) is 0 Å². The van der Waals surface area contributed by atoms with E-state index in [0.717, 1.165) is 5.56 Å². The van der Waals surface area contributed by atoms with E-state index in [9.17, 15) is 10.2 Å². The van der Waals surface area contributed by atoms with Crippen molar-refractivity contribution in [1.82, 2.24) is 0 Å². The highest BCUT2D eigenvalue weighted by atomic mass is 16.5. The number of para-hydroxylation sites is 1. The maximum atomic E-state index is 10.2. The number of phenols is 1. The predicted octanol–water partition coefficient (Wildman–Crippen LogP) is 3.29. The van der Waals surface area contributed by atoms with E-state index in [1.54, 1.807) is 6.07 Å². The summed E-state index contributed by atoms with van der Waals surface area (Å²) in [5, 5.41) is 20.1. The largest absolute Gasteiger partial charge is 0.508 e. The van der Waals surface area contributed by atoms with E-state index < -0.39 is 0 Å². The van der Waals surface area contributed by atoms with Gasteiger partial charge in [0.2, 0.25) is 0 Å². The molecule has 114 valence electrons.